The summed E-state index contributed by atoms with van der Waals surface area (Å²) < 4.78 is 48.4. The van der Waals surface area contributed by atoms with Gasteiger partial charge in [0.25, 0.3) is 0 Å². The van der Waals surface area contributed by atoms with Crippen LogP contribution in [0.5, 0.6) is 0 Å². The third-order valence-corrected chi connectivity index (χ3v) is 3.88. The minimum Gasteiger partial charge on any atom is -0.403 e. The largest absolute Gasteiger partial charge is 0.461 e. The fraction of sp³-hybridized carbons (Fsp3) is 1.00. The molecule has 2 rings (SSSR count). The molecule has 1 heterocycles. The van der Waals surface area contributed by atoms with Gasteiger partial charge in [0.1, 0.15) is 0 Å². The second-order valence-electron chi connectivity index (χ2n) is 5.67. The van der Waals surface area contributed by atoms with Crippen LogP contribution in [0.2, 0.25) is 5.82 Å². The predicted molar refractivity (Wildman–Crippen MR) is 54.0 cm³/mol. The fourth-order valence-corrected chi connectivity index (χ4v) is 1.96. The first-order valence-electron chi connectivity index (χ1n) is 5.47. The molecule has 1 aliphatic carbocycles. The second kappa shape index (κ2) is 3.16. The third kappa shape index (κ3) is 1.86. The molecule has 0 aromatic heterocycles. The lowest BCUT2D eigenvalue weighted by atomic mass is 9.80. The molecule has 2 nitrogen and oxygen atoms in total. The molecule has 2 atom stereocenters. The van der Waals surface area contributed by atoms with E-state index in [0.29, 0.717) is 0 Å². The van der Waals surface area contributed by atoms with E-state index in [1.165, 1.54) is 0 Å². The lowest BCUT2D eigenvalue weighted by Crippen LogP contribution is -2.41. The first-order valence-corrected chi connectivity index (χ1v) is 5.47. The predicted octanol–water partition coefficient (Wildman–Crippen LogP) is 3.03. The molecule has 2 aliphatic rings. The molecule has 6 heteroatoms. The maximum atomic E-state index is 12.4. The standard InChI is InChI=1S/C10H16BF3O2/c1-8(2)9(3,4)16-11(15-8)7-5-6(7)10(12,13)14/h6-7H,5H2,1-4H3/t6-,7-/m0/s1. The van der Waals surface area contributed by atoms with E-state index >= 15 is 0 Å². The van der Waals surface area contributed by atoms with Gasteiger partial charge in [-0.2, -0.15) is 13.2 Å². The van der Waals surface area contributed by atoms with Crippen LogP contribution in [0.4, 0.5) is 13.2 Å². The molecule has 2 fully saturated rings. The van der Waals surface area contributed by atoms with Crippen molar-refractivity contribution in [2.75, 3.05) is 0 Å². The zero-order chi connectivity index (χ0) is 12.4. The Labute approximate surface area is 93.6 Å². The quantitative estimate of drug-likeness (QED) is 0.651. The average Bonchev–Trinajstić information content (AvgIpc) is 2.73. The van der Waals surface area contributed by atoms with Crippen molar-refractivity contribution in [2.24, 2.45) is 5.92 Å². The lowest BCUT2D eigenvalue weighted by molar-refractivity contribution is -0.147. The van der Waals surface area contributed by atoms with Crippen molar-refractivity contribution in [3.8, 4) is 0 Å². The first kappa shape index (κ1) is 12.2. The minimum absolute atomic E-state index is 0.125. The van der Waals surface area contributed by atoms with Gasteiger partial charge in [-0.15, -0.1) is 0 Å². The molecular weight excluding hydrogens is 220 g/mol. The first-order chi connectivity index (χ1) is 7.05. The Balaban J connectivity index is 2.02. The van der Waals surface area contributed by atoms with Crippen LogP contribution in [-0.2, 0) is 9.31 Å². The summed E-state index contributed by atoms with van der Waals surface area (Å²) in [6, 6.07) is 0. The van der Waals surface area contributed by atoms with Gasteiger partial charge in [-0.25, -0.2) is 0 Å². The van der Waals surface area contributed by atoms with Crippen LogP contribution in [0.15, 0.2) is 0 Å². The smallest absolute Gasteiger partial charge is 0.403 e. The Morgan fingerprint density at radius 3 is 1.81 bits per heavy atom. The van der Waals surface area contributed by atoms with Gasteiger partial charge in [-0.3, -0.25) is 0 Å². The molecule has 1 saturated heterocycles. The molecule has 1 aliphatic heterocycles. The van der Waals surface area contributed by atoms with E-state index in [1.807, 2.05) is 27.7 Å². The molecule has 16 heavy (non-hydrogen) atoms. The normalized spacial score (nSPS) is 36.6. The zero-order valence-corrected chi connectivity index (χ0v) is 9.89. The average molecular weight is 236 g/mol. The van der Waals surface area contributed by atoms with Gasteiger partial charge in [-0.1, -0.05) is 0 Å². The lowest BCUT2D eigenvalue weighted by Gasteiger charge is -2.32. The summed E-state index contributed by atoms with van der Waals surface area (Å²) in [6.07, 6.45) is -3.99. The van der Waals surface area contributed by atoms with Crippen LogP contribution in [0, 0.1) is 5.92 Å². The van der Waals surface area contributed by atoms with E-state index in [1.54, 1.807) is 0 Å². The number of rotatable bonds is 1. The summed E-state index contributed by atoms with van der Waals surface area (Å²) in [4.78, 5) is 0. The van der Waals surface area contributed by atoms with E-state index < -0.39 is 36.2 Å². The van der Waals surface area contributed by atoms with Gasteiger partial charge in [0, 0.05) is 5.82 Å². The molecule has 0 spiro atoms. The van der Waals surface area contributed by atoms with Crippen LogP contribution in [0.3, 0.4) is 0 Å². The van der Waals surface area contributed by atoms with Gasteiger partial charge >= 0.3 is 13.3 Å². The molecule has 92 valence electrons. The highest BCUT2D eigenvalue weighted by atomic mass is 19.4. The van der Waals surface area contributed by atoms with Gasteiger partial charge in [0.05, 0.1) is 17.1 Å². The monoisotopic (exact) mass is 236 g/mol. The SMILES string of the molecule is CC1(C)OB([C@H]2C[C@@H]2C(F)(F)F)OC1(C)C. The summed E-state index contributed by atoms with van der Waals surface area (Å²) >= 11 is 0. The molecule has 0 aromatic carbocycles. The maximum Gasteiger partial charge on any atom is 0.461 e. The molecule has 0 bridgehead atoms. The van der Waals surface area contributed by atoms with Gasteiger partial charge in [-0.05, 0) is 34.1 Å². The van der Waals surface area contributed by atoms with Crippen molar-refractivity contribution in [2.45, 2.75) is 57.3 Å². The van der Waals surface area contributed by atoms with Gasteiger partial charge in [0.15, 0.2) is 0 Å². The maximum absolute atomic E-state index is 12.4. The summed E-state index contributed by atoms with van der Waals surface area (Å²) in [5.41, 5.74) is -1.09. The Bertz CT molecular complexity index is 285. The van der Waals surface area contributed by atoms with E-state index in [0.717, 1.165) is 0 Å². The topological polar surface area (TPSA) is 18.5 Å². The summed E-state index contributed by atoms with van der Waals surface area (Å²) in [5, 5.41) is 0. The van der Waals surface area contributed by atoms with E-state index in [9.17, 15) is 13.2 Å². The van der Waals surface area contributed by atoms with E-state index in [2.05, 4.69) is 0 Å². The molecule has 1 saturated carbocycles. The van der Waals surface area contributed by atoms with Crippen LogP contribution in [-0.4, -0.2) is 24.5 Å². The van der Waals surface area contributed by atoms with Crippen molar-refractivity contribution in [1.82, 2.24) is 0 Å². The zero-order valence-electron chi connectivity index (χ0n) is 9.89. The Morgan fingerprint density at radius 1 is 1.06 bits per heavy atom. The Kier molecular flexibility index (Phi) is 2.42. The fourth-order valence-electron chi connectivity index (χ4n) is 1.96. The summed E-state index contributed by atoms with van der Waals surface area (Å²) in [7, 11) is -0.711. The molecule has 0 radical (unpaired) electrons. The molecule has 0 amide bonds. The highest BCUT2D eigenvalue weighted by Gasteiger charge is 2.66. The minimum atomic E-state index is -4.12. The molecular formula is C10H16BF3O2. The number of hydrogen-bond donors (Lipinski definition) is 0. The molecule has 0 unspecified atom stereocenters. The van der Waals surface area contributed by atoms with Crippen LogP contribution < -0.4 is 0 Å². The van der Waals surface area contributed by atoms with Crippen molar-refractivity contribution in [1.29, 1.82) is 0 Å². The number of halogens is 3. The van der Waals surface area contributed by atoms with Crippen molar-refractivity contribution < 1.29 is 22.5 Å². The van der Waals surface area contributed by atoms with Crippen molar-refractivity contribution in [3.05, 3.63) is 0 Å². The van der Waals surface area contributed by atoms with E-state index in [4.69, 9.17) is 9.31 Å². The highest BCUT2D eigenvalue weighted by Crippen LogP contribution is 2.59. The summed E-state index contributed by atoms with van der Waals surface area (Å²) in [6.45, 7) is 7.38. The van der Waals surface area contributed by atoms with Gasteiger partial charge < -0.3 is 9.31 Å². The van der Waals surface area contributed by atoms with Crippen LogP contribution in [0.1, 0.15) is 34.1 Å². The summed E-state index contributed by atoms with van der Waals surface area (Å²) in [5.74, 6) is -1.77. The van der Waals surface area contributed by atoms with Crippen LogP contribution in [0.25, 0.3) is 0 Å². The van der Waals surface area contributed by atoms with Crippen LogP contribution >= 0.6 is 0 Å². The number of hydrogen-bond acceptors (Lipinski definition) is 2. The number of alkyl halides is 3. The second-order valence-corrected chi connectivity index (χ2v) is 5.67. The van der Waals surface area contributed by atoms with Crippen molar-refractivity contribution in [3.63, 3.8) is 0 Å². The Hall–Kier alpha value is -0.225. The molecule has 0 aromatic rings. The Morgan fingerprint density at radius 2 is 1.50 bits per heavy atom. The highest BCUT2D eigenvalue weighted by molar-refractivity contribution is 6.48. The van der Waals surface area contributed by atoms with Gasteiger partial charge in [0.2, 0.25) is 0 Å². The van der Waals surface area contributed by atoms with E-state index in [-0.39, 0.29) is 6.42 Å². The van der Waals surface area contributed by atoms with Crippen molar-refractivity contribution >= 4 is 7.12 Å². The molecule has 0 N–H and O–H groups in total. The third-order valence-electron chi connectivity index (χ3n) is 3.88.